The van der Waals surface area contributed by atoms with Crippen LogP contribution in [0.2, 0.25) is 0 Å². The molecule has 2 nitrogen and oxygen atoms in total. The van der Waals surface area contributed by atoms with Gasteiger partial charge in [-0.2, -0.15) is 0 Å². The first-order chi connectivity index (χ1) is 7.27. The second-order valence-electron chi connectivity index (χ2n) is 3.73. The molecule has 1 unspecified atom stereocenters. The molecule has 82 valence electrons. The summed E-state index contributed by atoms with van der Waals surface area (Å²) in [5.74, 6) is 0.932. The minimum atomic E-state index is 0.416. The highest BCUT2D eigenvalue weighted by Gasteiger charge is 2.18. The lowest BCUT2D eigenvalue weighted by Gasteiger charge is -2.14. The molecule has 1 fully saturated rings. The molecule has 0 heterocycles. The smallest absolute Gasteiger partial charge is 0.122 e. The van der Waals surface area contributed by atoms with E-state index in [9.17, 15) is 0 Å². The van der Waals surface area contributed by atoms with Gasteiger partial charge in [-0.15, -0.1) is 0 Å². The van der Waals surface area contributed by atoms with E-state index >= 15 is 0 Å². The quantitative estimate of drug-likeness (QED) is 0.552. The summed E-state index contributed by atoms with van der Waals surface area (Å²) in [5, 5.41) is 3.40. The molecule has 0 aromatic rings. The molecule has 0 aromatic carbocycles. The van der Waals surface area contributed by atoms with Crippen LogP contribution in [0.5, 0.6) is 0 Å². The maximum Gasteiger partial charge on any atom is 0.122 e. The third-order valence-corrected chi connectivity index (χ3v) is 2.57. The first kappa shape index (κ1) is 11.8. The second kappa shape index (κ2) is 6.23. The summed E-state index contributed by atoms with van der Waals surface area (Å²) in [7, 11) is 0. The fourth-order valence-electron chi connectivity index (χ4n) is 1.67. The van der Waals surface area contributed by atoms with Crippen LogP contribution in [-0.4, -0.2) is 12.3 Å². The van der Waals surface area contributed by atoms with Crippen LogP contribution in [0.3, 0.4) is 0 Å². The van der Waals surface area contributed by atoms with Crippen molar-refractivity contribution in [3.8, 4) is 0 Å². The standard InChI is InChI=1S/C13H20N2/c1-4-6-10-14-13(5-2)15-12-9-7-8-11(12)3/h4-6,10,12,15H,3,7-9H2,1-2H3/b6-4-,13-5?,14-10-. The van der Waals surface area contributed by atoms with Crippen LogP contribution < -0.4 is 5.32 Å². The molecule has 0 bridgehead atoms. The van der Waals surface area contributed by atoms with Crippen LogP contribution in [0.25, 0.3) is 0 Å². The van der Waals surface area contributed by atoms with E-state index in [1.165, 1.54) is 18.4 Å². The van der Waals surface area contributed by atoms with Gasteiger partial charge in [-0.05, 0) is 45.3 Å². The van der Waals surface area contributed by atoms with Crippen molar-refractivity contribution < 1.29 is 0 Å². The fraction of sp³-hybridized carbons (Fsp3) is 0.462. The number of hydrogen-bond acceptors (Lipinski definition) is 2. The summed E-state index contributed by atoms with van der Waals surface area (Å²) in [6.45, 7) is 8.04. The van der Waals surface area contributed by atoms with Gasteiger partial charge in [0.25, 0.3) is 0 Å². The van der Waals surface area contributed by atoms with E-state index < -0.39 is 0 Å². The van der Waals surface area contributed by atoms with Gasteiger partial charge in [0.1, 0.15) is 5.82 Å². The monoisotopic (exact) mass is 204 g/mol. The summed E-state index contributed by atoms with van der Waals surface area (Å²) < 4.78 is 0. The number of nitrogens with zero attached hydrogens (tertiary/aromatic N) is 1. The highest BCUT2D eigenvalue weighted by atomic mass is 15.1. The van der Waals surface area contributed by atoms with Crippen LogP contribution >= 0.6 is 0 Å². The summed E-state index contributed by atoms with van der Waals surface area (Å²) >= 11 is 0. The van der Waals surface area contributed by atoms with E-state index in [0.717, 1.165) is 12.2 Å². The zero-order valence-corrected chi connectivity index (χ0v) is 9.66. The van der Waals surface area contributed by atoms with Crippen molar-refractivity contribution in [1.29, 1.82) is 0 Å². The summed E-state index contributed by atoms with van der Waals surface area (Å²) in [4.78, 5) is 4.33. The molecule has 15 heavy (non-hydrogen) atoms. The van der Waals surface area contributed by atoms with Crippen LogP contribution in [0.15, 0.2) is 41.2 Å². The first-order valence-corrected chi connectivity index (χ1v) is 5.53. The van der Waals surface area contributed by atoms with Crippen molar-refractivity contribution >= 4 is 6.21 Å². The van der Waals surface area contributed by atoms with E-state index in [0.29, 0.717) is 6.04 Å². The predicted octanol–water partition coefficient (Wildman–Crippen LogP) is 3.19. The van der Waals surface area contributed by atoms with E-state index in [-0.39, 0.29) is 0 Å². The molecule has 1 rings (SSSR count). The Morgan fingerprint density at radius 2 is 2.33 bits per heavy atom. The molecule has 0 spiro atoms. The molecule has 1 aliphatic carbocycles. The summed E-state index contributed by atoms with van der Waals surface area (Å²) in [5.41, 5.74) is 1.30. The Morgan fingerprint density at radius 1 is 1.53 bits per heavy atom. The predicted molar refractivity (Wildman–Crippen MR) is 67.0 cm³/mol. The van der Waals surface area contributed by atoms with E-state index in [1.807, 2.05) is 32.1 Å². The minimum Gasteiger partial charge on any atom is -0.364 e. The van der Waals surface area contributed by atoms with Crippen LogP contribution in [0, 0.1) is 0 Å². The molecular formula is C13H20N2. The highest BCUT2D eigenvalue weighted by molar-refractivity contribution is 5.71. The van der Waals surface area contributed by atoms with Crippen LogP contribution in [0.1, 0.15) is 33.1 Å². The van der Waals surface area contributed by atoms with Gasteiger partial charge < -0.3 is 5.32 Å². The van der Waals surface area contributed by atoms with Crippen molar-refractivity contribution in [2.75, 3.05) is 0 Å². The Hall–Kier alpha value is -1.31. The lowest BCUT2D eigenvalue weighted by Crippen LogP contribution is -2.25. The normalized spacial score (nSPS) is 23.2. The molecule has 0 radical (unpaired) electrons. The van der Waals surface area contributed by atoms with Crippen LogP contribution in [-0.2, 0) is 0 Å². The maximum absolute atomic E-state index is 4.33. The van der Waals surface area contributed by atoms with Gasteiger partial charge in [0.05, 0.1) is 0 Å². The van der Waals surface area contributed by atoms with Gasteiger partial charge in [-0.1, -0.05) is 18.2 Å². The van der Waals surface area contributed by atoms with Crippen molar-refractivity contribution in [3.05, 3.63) is 36.2 Å². The van der Waals surface area contributed by atoms with E-state index in [2.05, 4.69) is 16.9 Å². The molecule has 2 heteroatoms. The third-order valence-electron chi connectivity index (χ3n) is 2.57. The number of hydrogen-bond donors (Lipinski definition) is 1. The largest absolute Gasteiger partial charge is 0.364 e. The molecule has 1 saturated carbocycles. The Morgan fingerprint density at radius 3 is 2.87 bits per heavy atom. The Labute approximate surface area is 92.5 Å². The molecule has 1 N–H and O–H groups in total. The lowest BCUT2D eigenvalue weighted by molar-refractivity contribution is 0.644. The Balaban J connectivity index is 2.50. The molecule has 0 aromatic heterocycles. The van der Waals surface area contributed by atoms with Crippen molar-refractivity contribution in [1.82, 2.24) is 5.32 Å². The number of rotatable bonds is 4. The molecule has 0 saturated heterocycles. The zero-order chi connectivity index (χ0) is 11.1. The molecular weight excluding hydrogens is 184 g/mol. The molecule has 1 atom stereocenters. The zero-order valence-electron chi connectivity index (χ0n) is 9.66. The van der Waals surface area contributed by atoms with Crippen molar-refractivity contribution in [3.63, 3.8) is 0 Å². The average molecular weight is 204 g/mol. The average Bonchev–Trinajstić information content (AvgIpc) is 2.63. The molecule has 0 aliphatic heterocycles. The Kier molecular flexibility index (Phi) is 4.88. The summed E-state index contributed by atoms with van der Waals surface area (Å²) in [6, 6.07) is 0.416. The molecule has 0 amide bonds. The van der Waals surface area contributed by atoms with Crippen LogP contribution in [0.4, 0.5) is 0 Å². The van der Waals surface area contributed by atoms with E-state index in [1.54, 1.807) is 6.21 Å². The SMILES string of the molecule is C=C1CCCC1NC(=CC)/N=C\C=C/C. The van der Waals surface area contributed by atoms with Gasteiger partial charge in [-0.3, -0.25) is 0 Å². The molecule has 1 aliphatic rings. The van der Waals surface area contributed by atoms with E-state index in [4.69, 9.17) is 0 Å². The van der Waals surface area contributed by atoms with Gasteiger partial charge in [0.2, 0.25) is 0 Å². The van der Waals surface area contributed by atoms with Crippen molar-refractivity contribution in [2.24, 2.45) is 4.99 Å². The van der Waals surface area contributed by atoms with Gasteiger partial charge in [0.15, 0.2) is 0 Å². The minimum absolute atomic E-state index is 0.416. The number of allylic oxidation sites excluding steroid dienone is 3. The summed E-state index contributed by atoms with van der Waals surface area (Å²) in [6.07, 6.45) is 11.3. The maximum atomic E-state index is 4.33. The van der Waals surface area contributed by atoms with Gasteiger partial charge >= 0.3 is 0 Å². The van der Waals surface area contributed by atoms with Gasteiger partial charge in [-0.25, -0.2) is 4.99 Å². The first-order valence-electron chi connectivity index (χ1n) is 5.53. The highest BCUT2D eigenvalue weighted by Crippen LogP contribution is 2.23. The Bertz CT molecular complexity index is 298. The topological polar surface area (TPSA) is 24.4 Å². The number of nitrogens with one attached hydrogen (secondary N) is 1. The second-order valence-corrected chi connectivity index (χ2v) is 3.73. The van der Waals surface area contributed by atoms with Gasteiger partial charge in [0, 0.05) is 12.3 Å². The fourth-order valence-corrected chi connectivity index (χ4v) is 1.67. The van der Waals surface area contributed by atoms with Crippen molar-refractivity contribution in [2.45, 2.75) is 39.2 Å². The lowest BCUT2D eigenvalue weighted by atomic mass is 10.2. The number of aliphatic imine (C=N–C) groups is 1. The third kappa shape index (κ3) is 3.74.